The second-order valence-electron chi connectivity index (χ2n) is 7.94. The van der Waals surface area contributed by atoms with Gasteiger partial charge in [-0.05, 0) is 48.5 Å². The Labute approximate surface area is 215 Å². The van der Waals surface area contributed by atoms with Crippen molar-refractivity contribution in [3.05, 3.63) is 108 Å². The molecule has 11 heteroatoms. The van der Waals surface area contributed by atoms with E-state index >= 15 is 0 Å². The summed E-state index contributed by atoms with van der Waals surface area (Å²) in [5, 5.41) is 10.4. The number of para-hydroxylation sites is 2. The van der Waals surface area contributed by atoms with Gasteiger partial charge in [0.05, 0.1) is 11.8 Å². The van der Waals surface area contributed by atoms with Crippen LogP contribution in [0.1, 0.15) is 11.3 Å². The average Bonchev–Trinajstić information content (AvgIpc) is 3.38. The molecule has 0 aliphatic rings. The molecule has 3 N–H and O–H groups in total. The molecule has 5 rings (SSSR count). The van der Waals surface area contributed by atoms with Crippen LogP contribution in [-0.2, 0) is 6.18 Å². The van der Waals surface area contributed by atoms with Crippen molar-refractivity contribution in [3.8, 4) is 11.3 Å². The van der Waals surface area contributed by atoms with Crippen molar-refractivity contribution in [3.63, 3.8) is 0 Å². The number of alkyl halides is 3. The fourth-order valence-electron chi connectivity index (χ4n) is 3.42. The second-order valence-corrected chi connectivity index (χ2v) is 7.94. The van der Waals surface area contributed by atoms with Crippen molar-refractivity contribution in [2.75, 3.05) is 16.1 Å². The van der Waals surface area contributed by atoms with E-state index in [0.717, 1.165) is 23.5 Å². The molecular weight excluding hydrogens is 495 g/mol. The Kier molecular flexibility index (Phi) is 6.98. The molecule has 190 valence electrons. The number of rotatable bonds is 8. The number of hydrogen-bond donors (Lipinski definition) is 3. The molecule has 5 aromatic rings. The van der Waals surface area contributed by atoms with Gasteiger partial charge in [-0.25, -0.2) is 5.43 Å². The standard InChI is InChI=1S/C27H20F3N7O/c28-27(29,30)19-9-7-8-18(16-19)23-15-14-22(38-23)17-31-37-26-35-24(32-20-10-3-1-4-11-20)34-25(36-26)33-21-12-5-2-6-13-21/h1-17H,(H3,32,33,34,35,36,37)/b31-17+. The van der Waals surface area contributed by atoms with E-state index in [-0.39, 0.29) is 23.6 Å². The maximum atomic E-state index is 13.0. The van der Waals surface area contributed by atoms with Crippen molar-refractivity contribution in [2.45, 2.75) is 6.18 Å². The first-order valence-electron chi connectivity index (χ1n) is 11.4. The number of nitrogens with one attached hydrogen (secondary N) is 3. The molecule has 0 aliphatic heterocycles. The molecule has 0 amide bonds. The third kappa shape index (κ3) is 6.32. The SMILES string of the molecule is FC(F)(F)c1cccc(-c2ccc(/C=N/Nc3nc(Nc4ccccc4)nc(Nc4ccccc4)n3)o2)c1. The Morgan fingerprint density at radius 2 is 1.29 bits per heavy atom. The maximum Gasteiger partial charge on any atom is 0.416 e. The predicted octanol–water partition coefficient (Wildman–Crippen LogP) is 7.08. The van der Waals surface area contributed by atoms with Gasteiger partial charge in [0.15, 0.2) is 0 Å². The molecule has 0 unspecified atom stereocenters. The van der Waals surface area contributed by atoms with Crippen LogP contribution in [0.25, 0.3) is 11.3 Å². The Bertz CT molecular complexity index is 1480. The molecule has 0 aliphatic carbocycles. The summed E-state index contributed by atoms with van der Waals surface area (Å²) < 4.78 is 44.7. The lowest BCUT2D eigenvalue weighted by atomic mass is 10.1. The van der Waals surface area contributed by atoms with Gasteiger partial charge >= 0.3 is 6.18 Å². The molecule has 8 nitrogen and oxygen atoms in total. The fraction of sp³-hybridized carbons (Fsp3) is 0.0370. The van der Waals surface area contributed by atoms with Gasteiger partial charge in [0, 0.05) is 16.9 Å². The minimum absolute atomic E-state index is 0.151. The van der Waals surface area contributed by atoms with Gasteiger partial charge < -0.3 is 15.1 Å². The van der Waals surface area contributed by atoms with E-state index in [1.54, 1.807) is 18.2 Å². The highest BCUT2D eigenvalue weighted by atomic mass is 19.4. The minimum atomic E-state index is -4.44. The molecule has 0 atom stereocenters. The first-order valence-corrected chi connectivity index (χ1v) is 11.4. The molecule has 0 saturated heterocycles. The Morgan fingerprint density at radius 3 is 1.89 bits per heavy atom. The van der Waals surface area contributed by atoms with Crippen LogP contribution in [0.15, 0.2) is 107 Å². The number of hydrogen-bond acceptors (Lipinski definition) is 8. The second kappa shape index (κ2) is 10.8. The van der Waals surface area contributed by atoms with Gasteiger partial charge in [0.25, 0.3) is 0 Å². The zero-order valence-electron chi connectivity index (χ0n) is 19.6. The fourth-order valence-corrected chi connectivity index (χ4v) is 3.42. The van der Waals surface area contributed by atoms with Crippen LogP contribution in [0.3, 0.4) is 0 Å². The monoisotopic (exact) mass is 515 g/mol. The Balaban J connectivity index is 1.34. The quantitative estimate of drug-likeness (QED) is 0.150. The summed E-state index contributed by atoms with van der Waals surface area (Å²) >= 11 is 0. The molecule has 2 aromatic heterocycles. The smallest absolute Gasteiger partial charge is 0.416 e. The highest BCUT2D eigenvalue weighted by molar-refractivity contribution is 5.78. The van der Waals surface area contributed by atoms with Crippen LogP contribution >= 0.6 is 0 Å². The summed E-state index contributed by atoms with van der Waals surface area (Å²) in [6.45, 7) is 0. The van der Waals surface area contributed by atoms with Crippen LogP contribution in [-0.4, -0.2) is 21.2 Å². The van der Waals surface area contributed by atoms with Crippen LogP contribution in [0.4, 0.5) is 42.4 Å². The van der Waals surface area contributed by atoms with Crippen LogP contribution in [0, 0.1) is 0 Å². The number of anilines is 5. The van der Waals surface area contributed by atoms with Crippen molar-refractivity contribution in [2.24, 2.45) is 5.10 Å². The Morgan fingerprint density at radius 1 is 0.684 bits per heavy atom. The molecule has 3 aromatic carbocycles. The number of hydrazone groups is 1. The summed E-state index contributed by atoms with van der Waals surface area (Å²) in [4.78, 5) is 13.1. The van der Waals surface area contributed by atoms with E-state index in [9.17, 15) is 13.2 Å². The van der Waals surface area contributed by atoms with Crippen LogP contribution in [0.5, 0.6) is 0 Å². The number of nitrogens with zero attached hydrogens (tertiary/aromatic N) is 4. The molecule has 0 spiro atoms. The highest BCUT2D eigenvalue weighted by Gasteiger charge is 2.30. The third-order valence-corrected chi connectivity index (χ3v) is 5.15. The number of aromatic nitrogens is 3. The summed E-state index contributed by atoms with van der Waals surface area (Å²) in [5.74, 6) is 1.32. The molecule has 2 heterocycles. The van der Waals surface area contributed by atoms with E-state index in [4.69, 9.17) is 4.42 Å². The predicted molar refractivity (Wildman–Crippen MR) is 140 cm³/mol. The highest BCUT2D eigenvalue weighted by Crippen LogP contribution is 2.32. The van der Waals surface area contributed by atoms with Crippen LogP contribution in [0.2, 0.25) is 0 Å². The number of benzene rings is 3. The van der Waals surface area contributed by atoms with Gasteiger partial charge in [-0.15, -0.1) is 0 Å². The Hall–Kier alpha value is -5.19. The zero-order valence-corrected chi connectivity index (χ0v) is 19.6. The normalized spacial score (nSPS) is 11.4. The van der Waals surface area contributed by atoms with Crippen molar-refractivity contribution >= 4 is 35.4 Å². The van der Waals surface area contributed by atoms with Gasteiger partial charge in [0.2, 0.25) is 17.8 Å². The van der Waals surface area contributed by atoms with E-state index in [2.05, 4.69) is 36.1 Å². The van der Waals surface area contributed by atoms with Gasteiger partial charge in [0.1, 0.15) is 11.5 Å². The third-order valence-electron chi connectivity index (χ3n) is 5.15. The van der Waals surface area contributed by atoms with Gasteiger partial charge in [-0.3, -0.25) is 0 Å². The molecule has 0 radical (unpaired) electrons. The summed E-state index contributed by atoms with van der Waals surface area (Å²) in [5.41, 5.74) is 3.87. The lowest BCUT2D eigenvalue weighted by Gasteiger charge is -2.10. The summed E-state index contributed by atoms with van der Waals surface area (Å²) in [6.07, 6.45) is -3.07. The first kappa shape index (κ1) is 24.5. The lowest BCUT2D eigenvalue weighted by molar-refractivity contribution is -0.137. The van der Waals surface area contributed by atoms with E-state index < -0.39 is 11.7 Å². The molecule has 38 heavy (non-hydrogen) atoms. The van der Waals surface area contributed by atoms with E-state index in [1.807, 2.05) is 60.7 Å². The van der Waals surface area contributed by atoms with E-state index in [0.29, 0.717) is 11.3 Å². The van der Waals surface area contributed by atoms with Crippen LogP contribution < -0.4 is 16.1 Å². The van der Waals surface area contributed by atoms with Gasteiger partial charge in [-0.1, -0.05) is 48.5 Å². The molecule has 0 saturated carbocycles. The first-order chi connectivity index (χ1) is 18.4. The average molecular weight is 515 g/mol. The summed E-state index contributed by atoms with van der Waals surface area (Å²) in [7, 11) is 0. The van der Waals surface area contributed by atoms with Crippen molar-refractivity contribution in [1.29, 1.82) is 0 Å². The van der Waals surface area contributed by atoms with Crippen molar-refractivity contribution < 1.29 is 17.6 Å². The molecule has 0 bridgehead atoms. The van der Waals surface area contributed by atoms with Crippen molar-refractivity contribution in [1.82, 2.24) is 15.0 Å². The number of halogens is 3. The lowest BCUT2D eigenvalue weighted by Crippen LogP contribution is -2.07. The number of furan rings is 1. The molecular formula is C27H20F3N7O. The topological polar surface area (TPSA) is 100 Å². The largest absolute Gasteiger partial charge is 0.455 e. The maximum absolute atomic E-state index is 13.0. The zero-order chi connectivity index (χ0) is 26.4. The molecule has 0 fully saturated rings. The van der Waals surface area contributed by atoms with Gasteiger partial charge in [-0.2, -0.15) is 33.2 Å². The minimum Gasteiger partial charge on any atom is -0.455 e. The summed E-state index contributed by atoms with van der Waals surface area (Å²) in [6, 6.07) is 26.9. The van der Waals surface area contributed by atoms with E-state index in [1.165, 1.54) is 12.3 Å².